The van der Waals surface area contributed by atoms with Gasteiger partial charge in [0.1, 0.15) is 10.8 Å². The zero-order valence-corrected chi connectivity index (χ0v) is 19.5. The van der Waals surface area contributed by atoms with Crippen molar-refractivity contribution in [3.63, 3.8) is 0 Å². The summed E-state index contributed by atoms with van der Waals surface area (Å²) in [5.74, 6) is 0.604. The second-order valence-corrected chi connectivity index (χ2v) is 8.84. The fourth-order valence-electron chi connectivity index (χ4n) is 3.43. The van der Waals surface area contributed by atoms with Crippen LogP contribution in [0.4, 0.5) is 5.00 Å². The van der Waals surface area contributed by atoms with E-state index in [-0.39, 0.29) is 17.0 Å². The molecule has 2 N–H and O–H groups in total. The van der Waals surface area contributed by atoms with Gasteiger partial charge in [-0.2, -0.15) is 0 Å². The quantitative estimate of drug-likeness (QED) is 0.375. The number of thiocarbonyl (C=S) groups is 1. The lowest BCUT2D eigenvalue weighted by molar-refractivity contribution is -0.115. The minimum atomic E-state index is -0.360. The first-order chi connectivity index (χ1) is 14.9. The normalized spacial score (nSPS) is 15.3. The van der Waals surface area contributed by atoms with Crippen LogP contribution in [0.15, 0.2) is 30.3 Å². The van der Waals surface area contributed by atoms with E-state index in [1.54, 1.807) is 20.1 Å². The van der Waals surface area contributed by atoms with Crippen molar-refractivity contribution in [2.75, 3.05) is 19.0 Å². The van der Waals surface area contributed by atoms with E-state index in [1.165, 1.54) is 22.3 Å². The van der Waals surface area contributed by atoms with Crippen molar-refractivity contribution < 1.29 is 19.1 Å². The SMILES string of the molecule is CCOC(=O)c1c(NC(=S)NC(=O)/C=C/c2ccc(OC)cc2)sc2c1CC[C@@H](C)C2. The first kappa shape index (κ1) is 23.0. The molecule has 0 spiro atoms. The molecule has 6 nitrogen and oxygen atoms in total. The standard InChI is InChI=1S/C23H26N2O4S2/c1-4-29-22(27)20-17-11-5-14(2)13-18(17)31-21(20)25-23(30)24-19(26)12-8-15-6-9-16(28-3)10-7-15/h6-10,12,14H,4-5,11,13H2,1-3H3,(H2,24,25,26,30)/b12-8+/t14-/m1/s1. The summed E-state index contributed by atoms with van der Waals surface area (Å²) in [6, 6.07) is 7.34. The molecule has 1 aliphatic rings. The number of nitrogens with one attached hydrogen (secondary N) is 2. The largest absolute Gasteiger partial charge is 0.497 e. The highest BCUT2D eigenvalue weighted by atomic mass is 32.1. The number of carbonyl (C=O) groups excluding carboxylic acids is 2. The van der Waals surface area contributed by atoms with Crippen molar-refractivity contribution in [1.82, 2.24) is 5.32 Å². The molecule has 0 radical (unpaired) electrons. The highest BCUT2D eigenvalue weighted by molar-refractivity contribution is 7.80. The third kappa shape index (κ3) is 5.92. The van der Waals surface area contributed by atoms with Crippen LogP contribution in [0.2, 0.25) is 0 Å². The van der Waals surface area contributed by atoms with Crippen LogP contribution in [-0.4, -0.2) is 30.7 Å². The molecule has 0 aliphatic heterocycles. The Balaban J connectivity index is 1.68. The van der Waals surface area contributed by atoms with Gasteiger partial charge >= 0.3 is 5.97 Å². The van der Waals surface area contributed by atoms with E-state index < -0.39 is 0 Å². The van der Waals surface area contributed by atoms with Gasteiger partial charge in [0.05, 0.1) is 19.3 Å². The van der Waals surface area contributed by atoms with E-state index in [1.807, 2.05) is 24.3 Å². The molecule has 0 bridgehead atoms. The Morgan fingerprint density at radius 3 is 2.71 bits per heavy atom. The van der Waals surface area contributed by atoms with Crippen molar-refractivity contribution in [3.8, 4) is 5.75 Å². The molecule has 164 valence electrons. The third-order valence-electron chi connectivity index (χ3n) is 5.00. The number of thiophene rings is 1. The van der Waals surface area contributed by atoms with Crippen LogP contribution in [-0.2, 0) is 22.4 Å². The minimum Gasteiger partial charge on any atom is -0.497 e. The van der Waals surface area contributed by atoms with Crippen molar-refractivity contribution in [1.29, 1.82) is 0 Å². The maximum Gasteiger partial charge on any atom is 0.341 e. The molecule has 2 aromatic rings. The fraction of sp³-hybridized carbons (Fsp3) is 0.348. The number of hydrogen-bond acceptors (Lipinski definition) is 6. The molecular weight excluding hydrogens is 432 g/mol. The predicted octanol–water partition coefficient (Wildman–Crippen LogP) is 4.58. The smallest absolute Gasteiger partial charge is 0.341 e. The van der Waals surface area contributed by atoms with E-state index in [4.69, 9.17) is 21.7 Å². The van der Waals surface area contributed by atoms with Gasteiger partial charge in [-0.15, -0.1) is 11.3 Å². The van der Waals surface area contributed by atoms with Crippen LogP contribution >= 0.6 is 23.6 Å². The van der Waals surface area contributed by atoms with Crippen LogP contribution < -0.4 is 15.4 Å². The van der Waals surface area contributed by atoms with Gasteiger partial charge in [0.2, 0.25) is 5.91 Å². The van der Waals surface area contributed by atoms with E-state index in [9.17, 15) is 9.59 Å². The number of methoxy groups -OCH3 is 1. The highest BCUT2D eigenvalue weighted by Crippen LogP contribution is 2.40. The van der Waals surface area contributed by atoms with Crippen molar-refractivity contribution in [2.45, 2.75) is 33.1 Å². The summed E-state index contributed by atoms with van der Waals surface area (Å²) >= 11 is 6.82. The highest BCUT2D eigenvalue weighted by Gasteiger charge is 2.28. The molecule has 0 fully saturated rings. The maximum absolute atomic E-state index is 12.6. The van der Waals surface area contributed by atoms with Crippen LogP contribution in [0.5, 0.6) is 5.75 Å². The lowest BCUT2D eigenvalue weighted by Crippen LogP contribution is -2.33. The summed E-state index contributed by atoms with van der Waals surface area (Å²) in [6.07, 6.45) is 5.90. The first-order valence-electron chi connectivity index (χ1n) is 10.2. The molecule has 3 rings (SSSR count). The zero-order valence-electron chi connectivity index (χ0n) is 17.8. The van der Waals surface area contributed by atoms with Gasteiger partial charge < -0.3 is 14.8 Å². The molecule has 0 unspecified atom stereocenters. The zero-order chi connectivity index (χ0) is 22.4. The number of ether oxygens (including phenoxy) is 2. The molecule has 1 aliphatic carbocycles. The number of benzene rings is 1. The van der Waals surface area contributed by atoms with Crippen molar-refractivity contribution >= 4 is 51.6 Å². The Morgan fingerprint density at radius 1 is 1.29 bits per heavy atom. The average Bonchev–Trinajstić information content (AvgIpc) is 3.09. The summed E-state index contributed by atoms with van der Waals surface area (Å²) in [4.78, 5) is 26.0. The van der Waals surface area contributed by atoms with Gasteiger partial charge in [0.15, 0.2) is 5.11 Å². The Labute approximate surface area is 191 Å². The number of anilines is 1. The van der Waals surface area contributed by atoms with Crippen molar-refractivity contribution in [2.24, 2.45) is 5.92 Å². The summed E-state index contributed by atoms with van der Waals surface area (Å²) in [5.41, 5.74) is 2.44. The number of hydrogen-bond donors (Lipinski definition) is 2. The lowest BCUT2D eigenvalue weighted by atomic mass is 9.88. The second kappa shape index (κ2) is 10.5. The molecule has 1 aromatic heterocycles. The maximum atomic E-state index is 12.6. The van der Waals surface area contributed by atoms with Gasteiger partial charge in [-0.25, -0.2) is 4.79 Å². The molecule has 0 saturated carbocycles. The topological polar surface area (TPSA) is 76.7 Å². The van der Waals surface area contributed by atoms with E-state index in [2.05, 4.69) is 17.6 Å². The number of esters is 1. The van der Waals surface area contributed by atoms with Crippen LogP contribution in [0.3, 0.4) is 0 Å². The van der Waals surface area contributed by atoms with E-state index in [0.717, 1.165) is 36.1 Å². The Bertz CT molecular complexity index is 996. The number of rotatable bonds is 6. The summed E-state index contributed by atoms with van der Waals surface area (Å²) < 4.78 is 10.4. The molecule has 31 heavy (non-hydrogen) atoms. The Hall–Kier alpha value is -2.71. The number of fused-ring (bicyclic) bond motifs is 1. The fourth-order valence-corrected chi connectivity index (χ4v) is 5.10. The Morgan fingerprint density at radius 2 is 2.03 bits per heavy atom. The number of carbonyl (C=O) groups is 2. The van der Waals surface area contributed by atoms with Gasteiger partial charge in [-0.05, 0) is 73.7 Å². The predicted molar refractivity (Wildman–Crippen MR) is 128 cm³/mol. The van der Waals surface area contributed by atoms with Gasteiger partial charge in [0, 0.05) is 11.0 Å². The molecule has 1 amide bonds. The van der Waals surface area contributed by atoms with Gasteiger partial charge in [-0.1, -0.05) is 19.1 Å². The number of amides is 1. The van der Waals surface area contributed by atoms with E-state index >= 15 is 0 Å². The molecule has 1 aromatic carbocycles. The van der Waals surface area contributed by atoms with Crippen molar-refractivity contribution in [3.05, 3.63) is 51.9 Å². The summed E-state index contributed by atoms with van der Waals surface area (Å²) in [6.45, 7) is 4.29. The minimum absolute atomic E-state index is 0.140. The molecule has 8 heteroatoms. The Kier molecular flexibility index (Phi) is 7.81. The third-order valence-corrected chi connectivity index (χ3v) is 6.37. The van der Waals surface area contributed by atoms with Gasteiger partial charge in [-0.3, -0.25) is 10.1 Å². The lowest BCUT2D eigenvalue weighted by Gasteiger charge is -2.18. The molecular formula is C23H26N2O4S2. The van der Waals surface area contributed by atoms with Gasteiger partial charge in [0.25, 0.3) is 0 Å². The molecule has 1 atom stereocenters. The monoisotopic (exact) mass is 458 g/mol. The second-order valence-electron chi connectivity index (χ2n) is 7.33. The average molecular weight is 459 g/mol. The first-order valence-corrected chi connectivity index (χ1v) is 11.4. The molecule has 1 heterocycles. The summed E-state index contributed by atoms with van der Waals surface area (Å²) in [5, 5.41) is 6.43. The van der Waals surface area contributed by atoms with E-state index in [0.29, 0.717) is 23.1 Å². The summed E-state index contributed by atoms with van der Waals surface area (Å²) in [7, 11) is 1.60. The van der Waals surface area contributed by atoms with Crippen LogP contribution in [0.1, 0.15) is 46.6 Å². The van der Waals surface area contributed by atoms with Crippen LogP contribution in [0.25, 0.3) is 6.08 Å². The molecule has 0 saturated heterocycles. The van der Waals surface area contributed by atoms with Crippen LogP contribution in [0, 0.1) is 5.92 Å².